The zero-order valence-corrected chi connectivity index (χ0v) is 12.3. The molecule has 0 aromatic rings. The number of ether oxygens (including phenoxy) is 3. The van der Waals surface area contributed by atoms with Crippen molar-refractivity contribution in [1.29, 1.82) is 0 Å². The molecule has 3 fully saturated rings. The van der Waals surface area contributed by atoms with Crippen molar-refractivity contribution in [3.63, 3.8) is 0 Å². The minimum absolute atomic E-state index is 0.0708. The number of likely N-dealkylation sites (N-methyl/N-ethyl adjacent to an activating group) is 1. The van der Waals surface area contributed by atoms with Crippen LogP contribution in [-0.2, 0) is 14.2 Å². The monoisotopic (exact) mass is 285 g/mol. The van der Waals surface area contributed by atoms with E-state index in [1.807, 2.05) is 0 Å². The Balaban J connectivity index is 1.65. The molecule has 3 rings (SSSR count). The van der Waals surface area contributed by atoms with Gasteiger partial charge in [0.1, 0.15) is 0 Å². The van der Waals surface area contributed by atoms with Crippen LogP contribution in [0.5, 0.6) is 0 Å². The zero-order chi connectivity index (χ0) is 14.0. The van der Waals surface area contributed by atoms with Crippen molar-refractivity contribution in [3.8, 4) is 0 Å². The Morgan fingerprint density at radius 2 is 2.25 bits per heavy atom. The van der Waals surface area contributed by atoms with Gasteiger partial charge in [-0.3, -0.25) is 11.3 Å². The van der Waals surface area contributed by atoms with Crippen LogP contribution < -0.4 is 11.3 Å². The molecule has 0 aromatic heterocycles. The molecule has 6 heteroatoms. The van der Waals surface area contributed by atoms with E-state index < -0.39 is 0 Å². The Hall–Kier alpha value is -0.240. The fourth-order valence-corrected chi connectivity index (χ4v) is 3.81. The normalized spacial score (nSPS) is 41.1. The van der Waals surface area contributed by atoms with Gasteiger partial charge in [0, 0.05) is 32.7 Å². The number of morpholine rings is 1. The summed E-state index contributed by atoms with van der Waals surface area (Å²) >= 11 is 0. The van der Waals surface area contributed by atoms with Gasteiger partial charge < -0.3 is 19.1 Å². The molecule has 1 spiro atoms. The van der Waals surface area contributed by atoms with Crippen molar-refractivity contribution in [1.82, 2.24) is 10.3 Å². The van der Waals surface area contributed by atoms with Crippen molar-refractivity contribution in [3.05, 3.63) is 0 Å². The third kappa shape index (κ3) is 3.00. The van der Waals surface area contributed by atoms with Crippen LogP contribution in [-0.4, -0.2) is 69.2 Å². The maximum Gasteiger partial charge on any atom is 0.0939 e. The Morgan fingerprint density at radius 3 is 2.95 bits per heavy atom. The van der Waals surface area contributed by atoms with Crippen molar-refractivity contribution in [2.24, 2.45) is 11.8 Å². The molecule has 0 bridgehead atoms. The van der Waals surface area contributed by atoms with E-state index in [9.17, 15) is 0 Å². The Kier molecular flexibility index (Phi) is 4.59. The number of nitrogens with one attached hydrogen (secondary N) is 1. The van der Waals surface area contributed by atoms with E-state index in [2.05, 4.69) is 17.4 Å². The second-order valence-electron chi connectivity index (χ2n) is 6.45. The lowest BCUT2D eigenvalue weighted by Crippen LogP contribution is -2.58. The van der Waals surface area contributed by atoms with Crippen molar-refractivity contribution in [2.45, 2.75) is 37.0 Å². The molecule has 4 atom stereocenters. The van der Waals surface area contributed by atoms with Gasteiger partial charge in [-0.1, -0.05) is 0 Å². The van der Waals surface area contributed by atoms with Crippen molar-refractivity contribution >= 4 is 0 Å². The molecule has 6 nitrogen and oxygen atoms in total. The summed E-state index contributed by atoms with van der Waals surface area (Å²) in [5.41, 5.74) is 2.95. The lowest BCUT2D eigenvalue weighted by atomic mass is 9.79. The molecule has 0 saturated carbocycles. The number of hydrazine groups is 1. The smallest absolute Gasteiger partial charge is 0.0939 e. The number of hydrogen-bond donors (Lipinski definition) is 2. The molecule has 116 valence electrons. The van der Waals surface area contributed by atoms with E-state index in [1.165, 1.54) is 0 Å². The Morgan fingerprint density at radius 1 is 1.35 bits per heavy atom. The van der Waals surface area contributed by atoms with Gasteiger partial charge in [-0.25, -0.2) is 0 Å². The minimum Gasteiger partial charge on any atom is -0.378 e. The van der Waals surface area contributed by atoms with E-state index in [-0.39, 0.29) is 17.7 Å². The molecule has 0 amide bonds. The van der Waals surface area contributed by atoms with Crippen LogP contribution in [0.3, 0.4) is 0 Å². The third-order valence-corrected chi connectivity index (χ3v) is 5.00. The van der Waals surface area contributed by atoms with Gasteiger partial charge in [0.2, 0.25) is 0 Å². The first-order valence-electron chi connectivity index (χ1n) is 7.70. The second-order valence-corrected chi connectivity index (χ2v) is 6.45. The lowest BCUT2D eigenvalue weighted by Gasteiger charge is -2.44. The summed E-state index contributed by atoms with van der Waals surface area (Å²) in [4.78, 5) is 2.31. The molecular formula is C14H27N3O3. The highest BCUT2D eigenvalue weighted by Gasteiger charge is 2.44. The molecular weight excluding hydrogens is 258 g/mol. The third-order valence-electron chi connectivity index (χ3n) is 5.00. The first-order chi connectivity index (χ1) is 9.72. The van der Waals surface area contributed by atoms with E-state index in [4.69, 9.17) is 20.1 Å². The highest BCUT2D eigenvalue weighted by molar-refractivity contribution is 4.96. The predicted octanol–water partition coefficient (Wildman–Crippen LogP) is -0.265. The zero-order valence-electron chi connectivity index (χ0n) is 12.3. The number of hydrogen-bond acceptors (Lipinski definition) is 6. The molecule has 3 aliphatic rings. The van der Waals surface area contributed by atoms with Gasteiger partial charge in [-0.2, -0.15) is 0 Å². The van der Waals surface area contributed by atoms with E-state index >= 15 is 0 Å². The van der Waals surface area contributed by atoms with Crippen LogP contribution >= 0.6 is 0 Å². The van der Waals surface area contributed by atoms with Crippen molar-refractivity contribution in [2.75, 3.05) is 46.6 Å². The van der Waals surface area contributed by atoms with Gasteiger partial charge >= 0.3 is 0 Å². The number of nitrogens with zero attached hydrogens (tertiary/aromatic N) is 1. The Labute approximate surface area is 120 Å². The van der Waals surface area contributed by atoms with Crippen LogP contribution in [0, 0.1) is 5.92 Å². The average Bonchev–Trinajstić information content (AvgIpc) is 2.88. The SMILES string of the molecule is CN1CCOC(C(NN)C2CCOC3(CCOC3)C2)C1. The highest BCUT2D eigenvalue weighted by Crippen LogP contribution is 2.38. The van der Waals surface area contributed by atoms with E-state index in [1.54, 1.807) is 0 Å². The average molecular weight is 285 g/mol. The summed E-state index contributed by atoms with van der Waals surface area (Å²) < 4.78 is 17.5. The molecule has 4 unspecified atom stereocenters. The van der Waals surface area contributed by atoms with E-state index in [0.717, 1.165) is 58.8 Å². The number of nitrogens with two attached hydrogens (primary N) is 1. The van der Waals surface area contributed by atoms with Crippen LogP contribution in [0.2, 0.25) is 0 Å². The van der Waals surface area contributed by atoms with Crippen molar-refractivity contribution < 1.29 is 14.2 Å². The molecule has 0 aromatic carbocycles. The molecule has 0 radical (unpaired) electrons. The minimum atomic E-state index is -0.0708. The Bertz CT molecular complexity index is 323. The summed E-state index contributed by atoms with van der Waals surface area (Å²) in [6, 6.07) is 0.194. The molecule has 0 aliphatic carbocycles. The van der Waals surface area contributed by atoms with Gasteiger partial charge in [-0.15, -0.1) is 0 Å². The first kappa shape index (κ1) is 14.7. The molecule has 3 heterocycles. The summed E-state index contributed by atoms with van der Waals surface area (Å²) in [5.74, 6) is 6.34. The fraction of sp³-hybridized carbons (Fsp3) is 1.00. The first-order valence-corrected chi connectivity index (χ1v) is 7.70. The standard InChI is InChI=1S/C14H27N3O3/c1-17-4-7-19-12(9-17)13(16-15)11-2-5-20-14(8-11)3-6-18-10-14/h11-13,16H,2-10,15H2,1H3. The quantitative estimate of drug-likeness (QED) is 0.550. The fourth-order valence-electron chi connectivity index (χ4n) is 3.81. The van der Waals surface area contributed by atoms with Gasteiger partial charge in [0.15, 0.2) is 0 Å². The highest BCUT2D eigenvalue weighted by atomic mass is 16.6. The second kappa shape index (κ2) is 6.25. The molecule has 3 saturated heterocycles. The van der Waals surface area contributed by atoms with Crippen LogP contribution in [0.15, 0.2) is 0 Å². The summed E-state index contributed by atoms with van der Waals surface area (Å²) in [6.45, 7) is 5.07. The predicted molar refractivity (Wildman–Crippen MR) is 75.2 cm³/mol. The lowest BCUT2D eigenvalue weighted by molar-refractivity contribution is -0.119. The molecule has 3 aliphatic heterocycles. The maximum atomic E-state index is 6.01. The molecule has 3 N–H and O–H groups in total. The van der Waals surface area contributed by atoms with Crippen LogP contribution in [0.25, 0.3) is 0 Å². The topological polar surface area (TPSA) is 69.0 Å². The maximum absolute atomic E-state index is 6.01. The van der Waals surface area contributed by atoms with Gasteiger partial charge in [0.25, 0.3) is 0 Å². The summed E-state index contributed by atoms with van der Waals surface area (Å²) in [7, 11) is 2.14. The summed E-state index contributed by atoms with van der Waals surface area (Å²) in [6.07, 6.45) is 3.24. The largest absolute Gasteiger partial charge is 0.378 e. The van der Waals surface area contributed by atoms with Gasteiger partial charge in [-0.05, 0) is 25.8 Å². The van der Waals surface area contributed by atoms with E-state index in [0.29, 0.717) is 5.92 Å². The summed E-state index contributed by atoms with van der Waals surface area (Å²) in [5, 5.41) is 0. The van der Waals surface area contributed by atoms with Crippen LogP contribution in [0.4, 0.5) is 0 Å². The van der Waals surface area contributed by atoms with Crippen LogP contribution in [0.1, 0.15) is 19.3 Å². The molecule has 20 heavy (non-hydrogen) atoms. The van der Waals surface area contributed by atoms with Gasteiger partial charge in [0.05, 0.1) is 31.0 Å². The number of rotatable bonds is 3.